The molecule has 31 heavy (non-hydrogen) atoms. The smallest absolute Gasteiger partial charge is 0.243 e. The molecule has 0 amide bonds. The van der Waals surface area contributed by atoms with Gasteiger partial charge in [-0.3, -0.25) is 5.43 Å². The SMILES string of the molecule is CCc1ccc(C=NNc2nc(-c3ccc(S(=O)(=O)N4CCCCC4)cc3)cs2)cc1. The van der Waals surface area contributed by atoms with Crippen LogP contribution in [0.15, 0.2) is 63.9 Å². The summed E-state index contributed by atoms with van der Waals surface area (Å²) in [5.41, 5.74) is 6.95. The lowest BCUT2D eigenvalue weighted by Crippen LogP contribution is -2.35. The number of rotatable bonds is 7. The van der Waals surface area contributed by atoms with Crippen LogP contribution in [0.4, 0.5) is 5.13 Å². The van der Waals surface area contributed by atoms with Crippen molar-refractivity contribution in [2.45, 2.75) is 37.5 Å². The van der Waals surface area contributed by atoms with Crippen molar-refractivity contribution >= 4 is 32.7 Å². The average Bonchev–Trinajstić information content (AvgIpc) is 3.29. The molecule has 0 unspecified atom stereocenters. The first-order valence-electron chi connectivity index (χ1n) is 10.5. The summed E-state index contributed by atoms with van der Waals surface area (Å²) in [7, 11) is -3.41. The third-order valence-corrected chi connectivity index (χ3v) is 8.03. The van der Waals surface area contributed by atoms with Gasteiger partial charge in [-0.2, -0.15) is 9.41 Å². The van der Waals surface area contributed by atoms with Crippen molar-refractivity contribution in [3.63, 3.8) is 0 Å². The summed E-state index contributed by atoms with van der Waals surface area (Å²) in [6.45, 7) is 3.34. The van der Waals surface area contributed by atoms with E-state index in [1.54, 1.807) is 22.7 Å². The summed E-state index contributed by atoms with van der Waals surface area (Å²) in [6, 6.07) is 15.2. The van der Waals surface area contributed by atoms with Gasteiger partial charge in [0.1, 0.15) is 0 Å². The van der Waals surface area contributed by atoms with Gasteiger partial charge in [-0.1, -0.05) is 49.7 Å². The van der Waals surface area contributed by atoms with Crippen LogP contribution in [0.2, 0.25) is 0 Å². The highest BCUT2D eigenvalue weighted by atomic mass is 32.2. The number of aromatic nitrogens is 1. The standard InChI is InChI=1S/C23H26N4O2S2/c1-2-18-6-8-19(9-7-18)16-24-26-23-25-22(17-30-23)20-10-12-21(13-11-20)31(28,29)27-14-4-3-5-15-27/h6-13,16-17H,2-5,14-15H2,1H3,(H,25,26). The summed E-state index contributed by atoms with van der Waals surface area (Å²) in [5.74, 6) is 0. The molecule has 0 bridgehead atoms. The Morgan fingerprint density at radius 2 is 1.77 bits per heavy atom. The van der Waals surface area contributed by atoms with Crippen LogP contribution >= 0.6 is 11.3 Å². The van der Waals surface area contributed by atoms with Crippen molar-refractivity contribution in [2.75, 3.05) is 18.5 Å². The molecule has 162 valence electrons. The summed E-state index contributed by atoms with van der Waals surface area (Å²) in [4.78, 5) is 4.89. The lowest BCUT2D eigenvalue weighted by molar-refractivity contribution is 0.346. The van der Waals surface area contributed by atoms with Crippen LogP contribution in [0.3, 0.4) is 0 Å². The number of aryl methyl sites for hydroxylation is 1. The number of hydrazone groups is 1. The molecule has 1 aromatic heterocycles. The van der Waals surface area contributed by atoms with Gasteiger partial charge in [0.25, 0.3) is 0 Å². The first-order valence-corrected chi connectivity index (χ1v) is 12.8. The third-order valence-electron chi connectivity index (χ3n) is 5.37. The molecule has 6 nitrogen and oxygen atoms in total. The normalized spacial score (nSPS) is 15.4. The minimum Gasteiger partial charge on any atom is -0.253 e. The quantitative estimate of drug-likeness (QED) is 0.403. The zero-order valence-electron chi connectivity index (χ0n) is 17.5. The van der Waals surface area contributed by atoms with Crippen LogP contribution in [0.25, 0.3) is 11.3 Å². The fourth-order valence-electron chi connectivity index (χ4n) is 3.51. The molecule has 0 atom stereocenters. The minimum absolute atomic E-state index is 0.338. The number of thiazole rings is 1. The van der Waals surface area contributed by atoms with Gasteiger partial charge in [-0.15, -0.1) is 11.3 Å². The molecule has 0 radical (unpaired) electrons. The van der Waals surface area contributed by atoms with Crippen molar-refractivity contribution in [3.05, 3.63) is 65.0 Å². The van der Waals surface area contributed by atoms with Crippen molar-refractivity contribution in [1.82, 2.24) is 9.29 Å². The third kappa shape index (κ3) is 5.20. The zero-order valence-corrected chi connectivity index (χ0v) is 19.1. The van der Waals surface area contributed by atoms with Gasteiger partial charge >= 0.3 is 0 Å². The molecule has 2 aromatic carbocycles. The molecule has 1 saturated heterocycles. The fraction of sp³-hybridized carbons (Fsp3) is 0.304. The van der Waals surface area contributed by atoms with Crippen molar-refractivity contribution in [1.29, 1.82) is 0 Å². The van der Waals surface area contributed by atoms with Crippen LogP contribution in [0.1, 0.15) is 37.3 Å². The fourth-order valence-corrected chi connectivity index (χ4v) is 5.70. The topological polar surface area (TPSA) is 74.7 Å². The monoisotopic (exact) mass is 454 g/mol. The molecule has 0 aliphatic carbocycles. The number of sulfonamides is 1. The number of anilines is 1. The highest BCUT2D eigenvalue weighted by Gasteiger charge is 2.25. The van der Waals surface area contributed by atoms with E-state index >= 15 is 0 Å². The van der Waals surface area contributed by atoms with Crippen LogP contribution in [0.5, 0.6) is 0 Å². The van der Waals surface area contributed by atoms with E-state index in [-0.39, 0.29) is 0 Å². The van der Waals surface area contributed by atoms with E-state index in [2.05, 4.69) is 34.6 Å². The van der Waals surface area contributed by atoms with E-state index < -0.39 is 10.0 Å². The van der Waals surface area contributed by atoms with E-state index in [9.17, 15) is 8.42 Å². The minimum atomic E-state index is -3.41. The maximum atomic E-state index is 12.8. The molecule has 1 N–H and O–H groups in total. The highest BCUT2D eigenvalue weighted by Crippen LogP contribution is 2.27. The molecule has 1 aliphatic rings. The van der Waals surface area contributed by atoms with Crippen LogP contribution < -0.4 is 5.43 Å². The Bertz CT molecular complexity index is 1130. The van der Waals surface area contributed by atoms with E-state index in [0.29, 0.717) is 23.1 Å². The average molecular weight is 455 g/mol. The maximum Gasteiger partial charge on any atom is 0.243 e. The molecule has 4 rings (SSSR count). The summed E-state index contributed by atoms with van der Waals surface area (Å²) < 4.78 is 27.2. The zero-order chi connectivity index (χ0) is 21.7. The number of benzene rings is 2. The second-order valence-corrected chi connectivity index (χ2v) is 10.3. The second-order valence-electron chi connectivity index (χ2n) is 7.49. The Kier molecular flexibility index (Phi) is 6.80. The van der Waals surface area contributed by atoms with Crippen LogP contribution in [0, 0.1) is 0 Å². The van der Waals surface area contributed by atoms with E-state index in [4.69, 9.17) is 0 Å². The molecule has 3 aromatic rings. The summed E-state index contributed by atoms with van der Waals surface area (Å²) in [6.07, 6.45) is 5.74. The lowest BCUT2D eigenvalue weighted by atomic mass is 10.1. The van der Waals surface area contributed by atoms with Gasteiger partial charge in [0.05, 0.1) is 16.8 Å². The predicted molar refractivity (Wildman–Crippen MR) is 127 cm³/mol. The molecule has 8 heteroatoms. The van der Waals surface area contributed by atoms with Gasteiger partial charge in [-0.25, -0.2) is 13.4 Å². The number of nitrogens with one attached hydrogen (secondary N) is 1. The Morgan fingerprint density at radius 1 is 1.06 bits per heavy atom. The first kappa shape index (κ1) is 21.7. The van der Waals surface area contributed by atoms with Crippen LogP contribution in [-0.2, 0) is 16.4 Å². The Hall–Kier alpha value is -2.55. The van der Waals surface area contributed by atoms with E-state index in [0.717, 1.165) is 42.5 Å². The van der Waals surface area contributed by atoms with E-state index in [1.165, 1.54) is 16.9 Å². The number of hydrogen-bond donors (Lipinski definition) is 1. The molecule has 0 spiro atoms. The molecule has 2 heterocycles. The van der Waals surface area contributed by atoms with Gasteiger partial charge in [0.15, 0.2) is 0 Å². The van der Waals surface area contributed by atoms with Crippen LogP contribution in [-0.4, -0.2) is 37.0 Å². The Morgan fingerprint density at radius 3 is 2.45 bits per heavy atom. The van der Waals surface area contributed by atoms with Gasteiger partial charge in [0, 0.05) is 24.0 Å². The number of nitrogens with zero attached hydrogens (tertiary/aromatic N) is 3. The van der Waals surface area contributed by atoms with Gasteiger partial charge in [-0.05, 0) is 42.5 Å². The number of piperidine rings is 1. The Labute approximate surface area is 187 Å². The Balaban J connectivity index is 1.41. The van der Waals surface area contributed by atoms with E-state index in [1.807, 2.05) is 29.6 Å². The highest BCUT2D eigenvalue weighted by molar-refractivity contribution is 7.89. The van der Waals surface area contributed by atoms with Gasteiger partial charge < -0.3 is 0 Å². The largest absolute Gasteiger partial charge is 0.253 e. The molecular weight excluding hydrogens is 428 g/mol. The van der Waals surface area contributed by atoms with Crippen molar-refractivity contribution < 1.29 is 8.42 Å². The van der Waals surface area contributed by atoms with Gasteiger partial charge in [0.2, 0.25) is 15.2 Å². The predicted octanol–water partition coefficient (Wildman–Crippen LogP) is 4.99. The first-order chi connectivity index (χ1) is 15.1. The molecular formula is C23H26N4O2S2. The molecule has 1 aliphatic heterocycles. The number of hydrogen-bond acceptors (Lipinski definition) is 6. The second kappa shape index (κ2) is 9.72. The van der Waals surface area contributed by atoms with Crippen molar-refractivity contribution in [3.8, 4) is 11.3 Å². The maximum absolute atomic E-state index is 12.8. The lowest BCUT2D eigenvalue weighted by Gasteiger charge is -2.25. The molecule has 1 fully saturated rings. The molecule has 0 saturated carbocycles. The summed E-state index contributed by atoms with van der Waals surface area (Å²) in [5, 5.41) is 6.88. The summed E-state index contributed by atoms with van der Waals surface area (Å²) >= 11 is 1.46. The van der Waals surface area contributed by atoms with Crippen molar-refractivity contribution in [2.24, 2.45) is 5.10 Å².